The molecule has 15 heavy (non-hydrogen) atoms. The molecule has 0 saturated carbocycles. The molecule has 0 bridgehead atoms. The van der Waals surface area contributed by atoms with E-state index in [1.54, 1.807) is 6.92 Å². The molecule has 0 radical (unpaired) electrons. The maximum absolute atomic E-state index is 11.9. The highest BCUT2D eigenvalue weighted by atomic mass is 35.7. The van der Waals surface area contributed by atoms with E-state index in [0.717, 1.165) is 5.82 Å². The van der Waals surface area contributed by atoms with Crippen LogP contribution >= 0.6 is 17.9 Å². The molecule has 0 heterocycles. The van der Waals surface area contributed by atoms with E-state index in [1.165, 1.54) is 17.9 Å². The molecule has 0 saturated heterocycles. The zero-order chi connectivity index (χ0) is 12.1. The molecule has 0 aromatic heterocycles. The Labute approximate surface area is 94.8 Å². The van der Waals surface area contributed by atoms with Crippen molar-refractivity contribution in [1.82, 2.24) is 4.67 Å². The second-order valence-corrected chi connectivity index (χ2v) is 6.26. The minimum absolute atomic E-state index is 0.225. The Morgan fingerprint density at radius 2 is 2.20 bits per heavy atom. The van der Waals surface area contributed by atoms with Gasteiger partial charge in [0.2, 0.25) is 0 Å². The summed E-state index contributed by atoms with van der Waals surface area (Å²) in [5.74, 6) is 0.636. The van der Waals surface area contributed by atoms with Crippen LogP contribution in [0, 0.1) is 0 Å². The Hall–Kier alpha value is -0.570. The lowest BCUT2D eigenvalue weighted by atomic mass is 10.3. The molecule has 0 fully saturated rings. The van der Waals surface area contributed by atoms with Crippen LogP contribution in [-0.4, -0.2) is 30.3 Å². The summed E-state index contributed by atoms with van der Waals surface area (Å²) in [6.07, 6.45) is 1.51. The van der Waals surface area contributed by atoms with Gasteiger partial charge in [-0.1, -0.05) is 12.7 Å². The van der Waals surface area contributed by atoms with Gasteiger partial charge in [0.05, 0.1) is 7.11 Å². The largest absolute Gasteiger partial charge is 0.468 e. The predicted molar refractivity (Wildman–Crippen MR) is 62.0 cm³/mol. The summed E-state index contributed by atoms with van der Waals surface area (Å²) in [6, 6.07) is -0.700. The second kappa shape index (κ2) is 6.11. The highest BCUT2D eigenvalue weighted by Gasteiger charge is 2.32. The normalized spacial score (nSPS) is 16.5. The quantitative estimate of drug-likeness (QED) is 0.414. The summed E-state index contributed by atoms with van der Waals surface area (Å²) in [5.41, 5.74) is 0. The van der Waals surface area contributed by atoms with E-state index in [-0.39, 0.29) is 6.54 Å². The highest BCUT2D eigenvalue weighted by molar-refractivity contribution is 7.89. The van der Waals surface area contributed by atoms with E-state index in [0.29, 0.717) is 0 Å². The predicted octanol–water partition coefficient (Wildman–Crippen LogP) is 2.61. The van der Waals surface area contributed by atoms with Gasteiger partial charge < -0.3 is 4.74 Å². The van der Waals surface area contributed by atoms with Crippen molar-refractivity contribution in [2.45, 2.75) is 13.0 Å². The number of nitrogens with zero attached hydrogens (tertiary/aromatic N) is 1. The monoisotopic (exact) mass is 251 g/mol. The lowest BCUT2D eigenvalue weighted by molar-refractivity contribution is -0.144. The zero-order valence-electron chi connectivity index (χ0n) is 8.85. The van der Waals surface area contributed by atoms with E-state index in [2.05, 4.69) is 17.9 Å². The van der Waals surface area contributed by atoms with Crippen LogP contribution in [0.3, 0.4) is 0 Å². The second-order valence-electron chi connectivity index (χ2n) is 2.84. The van der Waals surface area contributed by atoms with Gasteiger partial charge in [0, 0.05) is 6.54 Å². The van der Waals surface area contributed by atoms with Gasteiger partial charge in [-0.05, 0) is 24.0 Å². The number of rotatable bonds is 6. The van der Waals surface area contributed by atoms with Gasteiger partial charge >= 0.3 is 5.97 Å². The number of hydrogen-bond acceptors (Lipinski definition) is 3. The third-order valence-corrected chi connectivity index (χ3v) is 4.54. The Morgan fingerprint density at radius 1 is 1.67 bits per heavy atom. The van der Waals surface area contributed by atoms with Crippen LogP contribution in [0.4, 0.5) is 0 Å². The standard InChI is InChI=1S/C9H15ClNO3P/c1-5-7-11(15(10,13)6-2)8(3)9(12)14-4/h5-6,8H,1-2,7H2,3-4H3/t8-,15-/m0/s1. The van der Waals surface area contributed by atoms with Crippen molar-refractivity contribution < 1.29 is 14.1 Å². The Morgan fingerprint density at radius 3 is 2.53 bits per heavy atom. The van der Waals surface area contributed by atoms with Crippen LogP contribution < -0.4 is 0 Å². The van der Waals surface area contributed by atoms with Crippen LogP contribution in [0.1, 0.15) is 6.92 Å². The lowest BCUT2D eigenvalue weighted by Crippen LogP contribution is -2.36. The lowest BCUT2D eigenvalue weighted by Gasteiger charge is -2.27. The van der Waals surface area contributed by atoms with E-state index < -0.39 is 18.7 Å². The van der Waals surface area contributed by atoms with Crippen molar-refractivity contribution in [3.05, 3.63) is 25.1 Å². The number of ether oxygens (including phenoxy) is 1. The molecule has 2 atom stereocenters. The maximum Gasteiger partial charge on any atom is 0.323 e. The number of methoxy groups -OCH3 is 1. The molecular weight excluding hydrogens is 237 g/mol. The molecule has 0 aliphatic heterocycles. The summed E-state index contributed by atoms with van der Waals surface area (Å²) in [5, 5.41) is 0. The minimum Gasteiger partial charge on any atom is -0.468 e. The topological polar surface area (TPSA) is 46.6 Å². The first-order valence-electron chi connectivity index (χ1n) is 4.29. The van der Waals surface area contributed by atoms with E-state index in [4.69, 9.17) is 11.2 Å². The molecule has 0 N–H and O–H groups in total. The minimum atomic E-state index is -3.23. The summed E-state index contributed by atoms with van der Waals surface area (Å²) in [6.45, 7) is 5.45. The van der Waals surface area contributed by atoms with Crippen LogP contribution in [0.15, 0.2) is 25.1 Å². The molecule has 4 nitrogen and oxygen atoms in total. The SMILES string of the molecule is C=CCN([C@@H](C)C(=O)OC)[P@@](=O)(Cl)C=C. The number of carbonyl (C=O) groups is 1. The number of esters is 1. The van der Waals surface area contributed by atoms with Gasteiger partial charge in [0.25, 0.3) is 6.65 Å². The maximum atomic E-state index is 11.9. The average molecular weight is 252 g/mol. The Balaban J connectivity index is 4.96. The molecule has 0 aromatic carbocycles. The molecule has 0 aliphatic carbocycles. The molecule has 0 spiro atoms. The fraction of sp³-hybridized carbons (Fsp3) is 0.444. The van der Waals surface area contributed by atoms with Crippen molar-refractivity contribution >= 4 is 23.9 Å². The molecule has 0 aromatic rings. The molecule has 86 valence electrons. The van der Waals surface area contributed by atoms with Crippen molar-refractivity contribution in [2.24, 2.45) is 0 Å². The van der Waals surface area contributed by atoms with Crippen molar-refractivity contribution in [3.63, 3.8) is 0 Å². The Bertz CT molecular complexity index is 306. The summed E-state index contributed by atoms with van der Waals surface area (Å²) >= 11 is 5.77. The van der Waals surface area contributed by atoms with E-state index in [1.807, 2.05) is 0 Å². The van der Waals surface area contributed by atoms with Crippen molar-refractivity contribution in [1.29, 1.82) is 0 Å². The third kappa shape index (κ3) is 3.82. The van der Waals surface area contributed by atoms with E-state index >= 15 is 0 Å². The fourth-order valence-corrected chi connectivity index (χ4v) is 2.73. The Kier molecular flexibility index (Phi) is 5.88. The van der Waals surface area contributed by atoms with Gasteiger partial charge in [0.1, 0.15) is 6.04 Å². The molecule has 0 amide bonds. The first-order valence-corrected chi connectivity index (χ1v) is 6.93. The molecular formula is C9H15ClNO3P. The summed E-state index contributed by atoms with van der Waals surface area (Å²) < 4.78 is 17.7. The van der Waals surface area contributed by atoms with Gasteiger partial charge in [-0.3, -0.25) is 9.36 Å². The first-order chi connectivity index (χ1) is 6.90. The summed E-state index contributed by atoms with van der Waals surface area (Å²) in [4.78, 5) is 11.3. The average Bonchev–Trinajstić information content (AvgIpc) is 2.23. The van der Waals surface area contributed by atoms with Gasteiger partial charge in [-0.15, -0.1) is 6.58 Å². The number of hydrogen-bond donors (Lipinski definition) is 0. The smallest absolute Gasteiger partial charge is 0.323 e. The van der Waals surface area contributed by atoms with Crippen LogP contribution in [-0.2, 0) is 14.1 Å². The third-order valence-electron chi connectivity index (χ3n) is 1.88. The molecule has 0 aliphatic rings. The first kappa shape index (κ1) is 14.4. The zero-order valence-corrected chi connectivity index (χ0v) is 10.5. The van der Waals surface area contributed by atoms with Crippen LogP contribution in [0.25, 0.3) is 0 Å². The van der Waals surface area contributed by atoms with Gasteiger partial charge in [0.15, 0.2) is 0 Å². The van der Waals surface area contributed by atoms with Crippen LogP contribution in [0.2, 0.25) is 0 Å². The fourth-order valence-electron chi connectivity index (χ4n) is 1.04. The van der Waals surface area contributed by atoms with E-state index in [9.17, 15) is 9.36 Å². The molecule has 0 unspecified atom stereocenters. The molecule has 0 rings (SSSR count). The molecule has 6 heteroatoms. The van der Waals surface area contributed by atoms with Crippen LogP contribution in [0.5, 0.6) is 0 Å². The van der Waals surface area contributed by atoms with Gasteiger partial charge in [-0.25, -0.2) is 4.67 Å². The summed E-state index contributed by atoms with van der Waals surface area (Å²) in [7, 11) is 1.26. The number of halogens is 1. The highest BCUT2D eigenvalue weighted by Crippen LogP contribution is 2.56. The van der Waals surface area contributed by atoms with Crippen molar-refractivity contribution in [2.75, 3.05) is 13.7 Å². The van der Waals surface area contributed by atoms with Crippen molar-refractivity contribution in [3.8, 4) is 0 Å². The number of carbonyl (C=O) groups excluding carboxylic acids is 1. The van der Waals surface area contributed by atoms with Gasteiger partial charge in [-0.2, -0.15) is 0 Å².